The lowest BCUT2D eigenvalue weighted by atomic mass is 9.88. The van der Waals surface area contributed by atoms with Gasteiger partial charge in [0.1, 0.15) is 5.82 Å². The van der Waals surface area contributed by atoms with Crippen LogP contribution in [-0.4, -0.2) is 19.0 Å². The zero-order chi connectivity index (χ0) is 23.4. The van der Waals surface area contributed by atoms with Crippen LogP contribution in [0, 0.1) is 11.7 Å². The van der Waals surface area contributed by atoms with Gasteiger partial charge < -0.3 is 4.74 Å². The van der Waals surface area contributed by atoms with Crippen molar-refractivity contribution in [2.24, 2.45) is 5.92 Å². The molecule has 1 nitrogen and oxygen atoms in total. The Morgan fingerprint density at radius 3 is 2.33 bits per heavy atom. The van der Waals surface area contributed by atoms with E-state index in [9.17, 15) is 13.2 Å². The van der Waals surface area contributed by atoms with E-state index in [0.717, 1.165) is 36.8 Å². The summed E-state index contributed by atoms with van der Waals surface area (Å²) in [4.78, 5) is 0. The van der Waals surface area contributed by atoms with E-state index < -0.39 is 12.3 Å². The molecular formula is C29H31F3O. The molecule has 0 aromatic heterocycles. The maximum absolute atomic E-state index is 15.0. The lowest BCUT2D eigenvalue weighted by Gasteiger charge is -2.29. The van der Waals surface area contributed by atoms with Crippen LogP contribution in [0.2, 0.25) is 0 Å². The standard InChI is InChI=1S/C29H31F3O/c1-3-5-6-19-7-16-27(33-18-19)25-15-13-23(17-26(25)30)21-8-10-22(11-9-21)24-14-12-20(4-2)28(31)29(24)32/h3,8-15,17,19,27-29H,1,4-7,16,18H2,2H3. The fourth-order valence-electron chi connectivity index (χ4n) is 4.75. The van der Waals surface area contributed by atoms with Gasteiger partial charge in [0, 0.05) is 5.56 Å². The molecule has 0 amide bonds. The van der Waals surface area contributed by atoms with Crippen LogP contribution in [0.15, 0.2) is 72.8 Å². The Labute approximate surface area is 194 Å². The minimum atomic E-state index is -1.67. The number of benzene rings is 2. The molecule has 2 aromatic rings. The number of rotatable bonds is 7. The van der Waals surface area contributed by atoms with Crippen LogP contribution in [0.3, 0.4) is 0 Å². The molecule has 2 aromatic carbocycles. The Bertz CT molecular complexity index is 1030. The van der Waals surface area contributed by atoms with Gasteiger partial charge in [-0.3, -0.25) is 0 Å². The first-order valence-corrected chi connectivity index (χ1v) is 11.8. The van der Waals surface area contributed by atoms with Gasteiger partial charge in [0.05, 0.1) is 12.7 Å². The molecule has 4 unspecified atom stereocenters. The third kappa shape index (κ3) is 5.16. The van der Waals surface area contributed by atoms with Gasteiger partial charge >= 0.3 is 0 Å². The molecule has 174 valence electrons. The van der Waals surface area contributed by atoms with Crippen molar-refractivity contribution in [3.63, 3.8) is 0 Å². The van der Waals surface area contributed by atoms with Crippen LogP contribution in [0.1, 0.15) is 56.3 Å². The number of hydrogen-bond donors (Lipinski definition) is 0. The van der Waals surface area contributed by atoms with Crippen LogP contribution < -0.4 is 0 Å². The van der Waals surface area contributed by atoms with Gasteiger partial charge in [-0.2, -0.15) is 0 Å². The van der Waals surface area contributed by atoms with Crippen molar-refractivity contribution in [1.29, 1.82) is 0 Å². The largest absolute Gasteiger partial charge is 0.373 e. The second kappa shape index (κ2) is 10.6. The molecular weight excluding hydrogens is 421 g/mol. The molecule has 1 fully saturated rings. The maximum atomic E-state index is 15.0. The third-order valence-electron chi connectivity index (χ3n) is 6.84. The summed E-state index contributed by atoms with van der Waals surface area (Å²) >= 11 is 0. The van der Waals surface area contributed by atoms with Crippen LogP contribution >= 0.6 is 0 Å². The zero-order valence-corrected chi connectivity index (χ0v) is 19.1. The van der Waals surface area contributed by atoms with Crippen molar-refractivity contribution < 1.29 is 17.9 Å². The van der Waals surface area contributed by atoms with Crippen LogP contribution in [0.5, 0.6) is 0 Å². The maximum Gasteiger partial charge on any atom is 0.161 e. The first-order valence-electron chi connectivity index (χ1n) is 11.8. The van der Waals surface area contributed by atoms with Crippen molar-refractivity contribution in [1.82, 2.24) is 0 Å². The third-order valence-corrected chi connectivity index (χ3v) is 6.84. The van der Waals surface area contributed by atoms with E-state index in [1.54, 1.807) is 30.4 Å². The van der Waals surface area contributed by atoms with Gasteiger partial charge in [-0.05, 0) is 71.9 Å². The summed E-state index contributed by atoms with van der Waals surface area (Å²) in [6, 6.07) is 12.4. The molecule has 4 atom stereocenters. The second-order valence-electron chi connectivity index (χ2n) is 8.97. The highest BCUT2D eigenvalue weighted by atomic mass is 19.2. The molecule has 0 radical (unpaired) electrons. The number of hydrogen-bond acceptors (Lipinski definition) is 1. The summed E-state index contributed by atoms with van der Waals surface area (Å²) < 4.78 is 49.8. The molecule has 0 N–H and O–H groups in total. The molecule has 0 spiro atoms. The fourth-order valence-corrected chi connectivity index (χ4v) is 4.75. The molecule has 4 heteroatoms. The Balaban J connectivity index is 1.46. The van der Waals surface area contributed by atoms with Gasteiger partial charge in [0.2, 0.25) is 0 Å². The highest BCUT2D eigenvalue weighted by Crippen LogP contribution is 2.36. The number of halogens is 3. The van der Waals surface area contributed by atoms with Crippen molar-refractivity contribution in [2.45, 2.75) is 57.5 Å². The average molecular weight is 453 g/mol. The summed E-state index contributed by atoms with van der Waals surface area (Å²) in [5.41, 5.74) is 3.62. The molecule has 0 saturated carbocycles. The van der Waals surface area contributed by atoms with E-state index >= 15 is 0 Å². The van der Waals surface area contributed by atoms with Gasteiger partial charge in [-0.15, -0.1) is 6.58 Å². The van der Waals surface area contributed by atoms with E-state index in [-0.39, 0.29) is 11.9 Å². The van der Waals surface area contributed by atoms with E-state index in [0.29, 0.717) is 41.2 Å². The highest BCUT2D eigenvalue weighted by molar-refractivity contribution is 5.75. The van der Waals surface area contributed by atoms with E-state index in [1.165, 1.54) is 6.07 Å². The van der Waals surface area contributed by atoms with Gasteiger partial charge in [-0.25, -0.2) is 13.2 Å². The number of allylic oxidation sites excluding steroid dienone is 5. The Morgan fingerprint density at radius 1 is 0.970 bits per heavy atom. The van der Waals surface area contributed by atoms with Gasteiger partial charge in [0.15, 0.2) is 12.3 Å². The monoisotopic (exact) mass is 452 g/mol. The second-order valence-corrected chi connectivity index (χ2v) is 8.97. The fraction of sp³-hybridized carbons (Fsp3) is 0.379. The predicted molar refractivity (Wildman–Crippen MR) is 129 cm³/mol. The predicted octanol–water partition coefficient (Wildman–Crippen LogP) is 8.34. The van der Waals surface area contributed by atoms with Crippen LogP contribution in [0.4, 0.5) is 13.2 Å². The Kier molecular flexibility index (Phi) is 7.54. The van der Waals surface area contributed by atoms with E-state index in [4.69, 9.17) is 4.74 Å². The zero-order valence-electron chi connectivity index (χ0n) is 19.1. The normalized spacial score (nSPS) is 25.3. The van der Waals surface area contributed by atoms with Gasteiger partial charge in [0.25, 0.3) is 0 Å². The SMILES string of the molecule is C=CCCC1CCC(c2ccc(-c3ccc(C4=CC=C(CC)C(F)C4F)cc3)cc2F)OC1. The highest BCUT2D eigenvalue weighted by Gasteiger charge is 2.30. The van der Waals surface area contributed by atoms with Crippen LogP contribution in [-0.2, 0) is 4.74 Å². The first kappa shape index (κ1) is 23.6. The minimum absolute atomic E-state index is 0.212. The quantitative estimate of drug-likeness (QED) is 0.384. The lowest BCUT2D eigenvalue weighted by molar-refractivity contribution is -0.0207. The van der Waals surface area contributed by atoms with Crippen LogP contribution in [0.25, 0.3) is 16.7 Å². The lowest BCUT2D eigenvalue weighted by Crippen LogP contribution is -2.23. The van der Waals surface area contributed by atoms with Crippen molar-refractivity contribution in [3.8, 4) is 11.1 Å². The average Bonchev–Trinajstić information content (AvgIpc) is 2.85. The molecule has 1 aliphatic carbocycles. The van der Waals surface area contributed by atoms with Crippen molar-refractivity contribution in [3.05, 3.63) is 89.8 Å². The molecule has 4 rings (SSSR count). The molecule has 1 saturated heterocycles. The van der Waals surface area contributed by atoms with Gasteiger partial charge in [-0.1, -0.05) is 61.5 Å². The van der Waals surface area contributed by atoms with Crippen molar-refractivity contribution in [2.75, 3.05) is 6.61 Å². The summed E-state index contributed by atoms with van der Waals surface area (Å²) in [6.07, 6.45) is 6.17. The van der Waals surface area contributed by atoms with E-state index in [1.807, 2.05) is 31.2 Å². The summed E-state index contributed by atoms with van der Waals surface area (Å²) in [7, 11) is 0. The Hall–Kier alpha value is -2.59. The van der Waals surface area contributed by atoms with Crippen molar-refractivity contribution >= 4 is 5.57 Å². The molecule has 2 aliphatic rings. The molecule has 1 aliphatic heterocycles. The smallest absolute Gasteiger partial charge is 0.161 e. The minimum Gasteiger partial charge on any atom is -0.373 e. The number of alkyl halides is 2. The molecule has 33 heavy (non-hydrogen) atoms. The summed E-state index contributed by atoms with van der Waals surface area (Å²) in [5.74, 6) is 0.238. The molecule has 1 heterocycles. The first-order chi connectivity index (χ1) is 16.0. The molecule has 0 bridgehead atoms. The summed E-state index contributed by atoms with van der Waals surface area (Å²) in [5, 5.41) is 0. The topological polar surface area (TPSA) is 9.23 Å². The number of ether oxygens (including phenoxy) is 1. The Morgan fingerprint density at radius 2 is 1.70 bits per heavy atom. The van der Waals surface area contributed by atoms with E-state index in [2.05, 4.69) is 6.58 Å². The summed E-state index contributed by atoms with van der Waals surface area (Å²) in [6.45, 7) is 6.24.